The zero-order valence-corrected chi connectivity index (χ0v) is 15.1. The Morgan fingerprint density at radius 2 is 2.20 bits per heavy atom. The summed E-state index contributed by atoms with van der Waals surface area (Å²) in [6.07, 6.45) is 0.717. The zero-order valence-electron chi connectivity index (χ0n) is 13.6. The van der Waals surface area contributed by atoms with E-state index in [1.165, 1.54) is 11.3 Å². The Kier molecular flexibility index (Phi) is 4.62. The van der Waals surface area contributed by atoms with Crippen molar-refractivity contribution in [3.05, 3.63) is 56.4 Å². The molecule has 0 spiro atoms. The molecule has 0 aliphatic carbocycles. The third kappa shape index (κ3) is 3.16. The molecule has 25 heavy (non-hydrogen) atoms. The molecule has 0 fully saturated rings. The number of halogens is 1. The molecule has 0 aliphatic heterocycles. The fourth-order valence-corrected chi connectivity index (χ4v) is 3.93. The van der Waals surface area contributed by atoms with Crippen LogP contribution in [0.4, 0.5) is 5.00 Å². The van der Waals surface area contributed by atoms with E-state index >= 15 is 0 Å². The SMILES string of the molecule is CCc1c(C)sc(NC(=O)c2cc3cc(Cl)ccc3oc2=N)c1C#N. The lowest BCUT2D eigenvalue weighted by Crippen LogP contribution is -2.20. The molecule has 0 atom stereocenters. The molecule has 1 amide bonds. The van der Waals surface area contributed by atoms with Crippen LogP contribution in [-0.2, 0) is 6.42 Å². The predicted octanol–water partition coefficient (Wildman–Crippen LogP) is 4.62. The van der Waals surface area contributed by atoms with Crippen LogP contribution in [0, 0.1) is 23.7 Å². The lowest BCUT2D eigenvalue weighted by atomic mass is 10.1. The van der Waals surface area contributed by atoms with E-state index in [0.29, 0.717) is 33.0 Å². The summed E-state index contributed by atoms with van der Waals surface area (Å²) in [5.41, 5.74) is 1.73. The molecule has 126 valence electrons. The number of hydrogen-bond acceptors (Lipinski definition) is 5. The van der Waals surface area contributed by atoms with Crippen LogP contribution in [0.1, 0.15) is 33.3 Å². The molecule has 3 rings (SSSR count). The maximum atomic E-state index is 12.6. The van der Waals surface area contributed by atoms with Gasteiger partial charge in [-0.25, -0.2) is 0 Å². The number of nitrogens with zero attached hydrogens (tertiary/aromatic N) is 1. The Morgan fingerprint density at radius 3 is 2.88 bits per heavy atom. The minimum atomic E-state index is -0.490. The average molecular weight is 372 g/mol. The number of carbonyl (C=O) groups is 1. The van der Waals surface area contributed by atoms with Gasteiger partial charge in [-0.3, -0.25) is 10.2 Å². The summed E-state index contributed by atoms with van der Waals surface area (Å²) in [5, 5.41) is 21.7. The molecule has 3 aromatic rings. The highest BCUT2D eigenvalue weighted by Crippen LogP contribution is 2.33. The van der Waals surface area contributed by atoms with Gasteiger partial charge in [0.25, 0.3) is 5.91 Å². The number of nitriles is 1. The maximum Gasteiger partial charge on any atom is 0.261 e. The van der Waals surface area contributed by atoms with Crippen molar-refractivity contribution >= 4 is 44.8 Å². The largest absolute Gasteiger partial charge is 0.438 e. The summed E-state index contributed by atoms with van der Waals surface area (Å²) in [6.45, 7) is 3.89. The number of carbonyl (C=O) groups excluding carboxylic acids is 1. The maximum absolute atomic E-state index is 12.6. The molecule has 7 heteroatoms. The first-order valence-corrected chi connectivity index (χ1v) is 8.75. The number of benzene rings is 1. The Morgan fingerprint density at radius 1 is 1.44 bits per heavy atom. The zero-order chi connectivity index (χ0) is 18.1. The second-order valence-corrected chi connectivity index (χ2v) is 7.09. The second kappa shape index (κ2) is 6.71. The first-order valence-electron chi connectivity index (χ1n) is 7.56. The number of hydrogen-bond donors (Lipinski definition) is 2. The van der Waals surface area contributed by atoms with Crippen molar-refractivity contribution in [3.63, 3.8) is 0 Å². The van der Waals surface area contributed by atoms with Crippen molar-refractivity contribution in [2.45, 2.75) is 20.3 Å². The highest BCUT2D eigenvalue weighted by Gasteiger charge is 2.19. The fourth-order valence-electron chi connectivity index (χ4n) is 2.66. The van der Waals surface area contributed by atoms with Crippen LogP contribution in [-0.4, -0.2) is 5.91 Å². The first kappa shape index (κ1) is 17.2. The molecule has 0 radical (unpaired) electrons. The quantitative estimate of drug-likeness (QED) is 0.703. The Balaban J connectivity index is 2.02. The summed E-state index contributed by atoms with van der Waals surface area (Å²) in [4.78, 5) is 13.6. The third-order valence-electron chi connectivity index (χ3n) is 3.87. The van der Waals surface area contributed by atoms with Crippen LogP contribution >= 0.6 is 22.9 Å². The summed E-state index contributed by atoms with van der Waals surface area (Å²) in [7, 11) is 0. The highest BCUT2D eigenvalue weighted by atomic mass is 35.5. The van der Waals surface area contributed by atoms with E-state index in [4.69, 9.17) is 21.4 Å². The van der Waals surface area contributed by atoms with Gasteiger partial charge in [0.1, 0.15) is 22.2 Å². The van der Waals surface area contributed by atoms with Crippen molar-refractivity contribution in [1.82, 2.24) is 0 Å². The lowest BCUT2D eigenvalue weighted by Gasteiger charge is -2.05. The Bertz CT molecular complexity index is 1090. The van der Waals surface area contributed by atoms with Crippen LogP contribution < -0.4 is 10.9 Å². The van der Waals surface area contributed by atoms with Crippen molar-refractivity contribution < 1.29 is 9.21 Å². The Hall–Kier alpha value is -2.62. The van der Waals surface area contributed by atoms with E-state index in [2.05, 4.69) is 11.4 Å². The molecule has 2 N–H and O–H groups in total. The Labute approximate surface area is 153 Å². The molecule has 5 nitrogen and oxygen atoms in total. The van der Waals surface area contributed by atoms with Gasteiger partial charge in [-0.1, -0.05) is 18.5 Å². The standard InChI is InChI=1S/C18H14ClN3O2S/c1-3-12-9(2)25-18(14(12)8-20)22-17(23)13-7-10-6-11(19)4-5-15(10)24-16(13)21/h4-7,21H,3H2,1-2H3,(H,22,23). The van der Waals surface area contributed by atoms with Gasteiger partial charge in [0.05, 0.1) is 5.56 Å². The van der Waals surface area contributed by atoms with Gasteiger partial charge in [-0.05, 0) is 43.2 Å². The van der Waals surface area contributed by atoms with Gasteiger partial charge in [0, 0.05) is 15.3 Å². The molecule has 1 aromatic carbocycles. The summed E-state index contributed by atoms with van der Waals surface area (Å²) in [5.74, 6) is -0.490. The number of fused-ring (bicyclic) bond motifs is 1. The van der Waals surface area contributed by atoms with Crippen LogP contribution in [0.3, 0.4) is 0 Å². The van der Waals surface area contributed by atoms with Gasteiger partial charge in [-0.15, -0.1) is 11.3 Å². The monoisotopic (exact) mass is 371 g/mol. The van der Waals surface area contributed by atoms with Crippen LogP contribution in [0.5, 0.6) is 0 Å². The highest BCUT2D eigenvalue weighted by molar-refractivity contribution is 7.16. The van der Waals surface area contributed by atoms with Crippen molar-refractivity contribution in [2.75, 3.05) is 5.32 Å². The van der Waals surface area contributed by atoms with Crippen LogP contribution in [0.25, 0.3) is 11.0 Å². The van der Waals surface area contributed by atoms with E-state index in [1.54, 1.807) is 24.3 Å². The van der Waals surface area contributed by atoms with Crippen LogP contribution in [0.15, 0.2) is 28.7 Å². The van der Waals surface area contributed by atoms with Crippen molar-refractivity contribution in [1.29, 1.82) is 10.7 Å². The molecule has 0 unspecified atom stereocenters. The van der Waals surface area contributed by atoms with Gasteiger partial charge in [0.2, 0.25) is 5.55 Å². The molecule has 0 saturated heterocycles. The minimum Gasteiger partial charge on any atom is -0.438 e. The first-order chi connectivity index (χ1) is 11.9. The van der Waals surface area contributed by atoms with Gasteiger partial charge < -0.3 is 9.73 Å². The molecule has 0 saturated carbocycles. The number of nitrogens with one attached hydrogen (secondary N) is 2. The number of aryl methyl sites for hydroxylation is 1. The van der Waals surface area contributed by atoms with E-state index in [1.807, 2.05) is 13.8 Å². The normalized spacial score (nSPS) is 10.6. The summed E-state index contributed by atoms with van der Waals surface area (Å²) >= 11 is 7.33. The lowest BCUT2D eigenvalue weighted by molar-refractivity contribution is 0.102. The molecule has 2 aromatic heterocycles. The number of thiophene rings is 1. The molecular formula is C18H14ClN3O2S. The van der Waals surface area contributed by atoms with Crippen LogP contribution in [0.2, 0.25) is 5.02 Å². The van der Waals surface area contributed by atoms with E-state index in [0.717, 1.165) is 10.4 Å². The molecule has 2 heterocycles. The van der Waals surface area contributed by atoms with Gasteiger partial charge in [0.15, 0.2) is 0 Å². The van der Waals surface area contributed by atoms with Gasteiger partial charge in [-0.2, -0.15) is 5.26 Å². The summed E-state index contributed by atoms with van der Waals surface area (Å²) < 4.78 is 5.40. The van der Waals surface area contributed by atoms with Crippen molar-refractivity contribution in [2.24, 2.45) is 0 Å². The van der Waals surface area contributed by atoms with E-state index < -0.39 is 5.91 Å². The molecular weight excluding hydrogens is 358 g/mol. The number of anilines is 1. The minimum absolute atomic E-state index is 0.0859. The summed E-state index contributed by atoms with van der Waals surface area (Å²) in [6, 6.07) is 8.70. The number of rotatable bonds is 3. The molecule has 0 bridgehead atoms. The van der Waals surface area contributed by atoms with E-state index in [9.17, 15) is 10.1 Å². The molecule has 0 aliphatic rings. The predicted molar refractivity (Wildman–Crippen MR) is 98.2 cm³/mol. The topological polar surface area (TPSA) is 89.9 Å². The smallest absolute Gasteiger partial charge is 0.261 e. The number of amides is 1. The van der Waals surface area contributed by atoms with Crippen molar-refractivity contribution in [3.8, 4) is 6.07 Å². The van der Waals surface area contributed by atoms with E-state index in [-0.39, 0.29) is 11.1 Å². The third-order valence-corrected chi connectivity index (χ3v) is 5.17. The average Bonchev–Trinajstić information content (AvgIpc) is 2.88. The van der Waals surface area contributed by atoms with Gasteiger partial charge >= 0.3 is 0 Å². The fraction of sp³-hybridized carbons (Fsp3) is 0.167. The second-order valence-electron chi connectivity index (χ2n) is 5.43.